The summed E-state index contributed by atoms with van der Waals surface area (Å²) in [5.41, 5.74) is 6.63. The van der Waals surface area contributed by atoms with Crippen LogP contribution in [-0.4, -0.2) is 13.9 Å². The predicted octanol–water partition coefficient (Wildman–Crippen LogP) is 6.75. The van der Waals surface area contributed by atoms with Crippen molar-refractivity contribution in [2.24, 2.45) is 5.92 Å². The molecule has 2 aromatic rings. The normalized spacial score (nSPS) is 25.2. The van der Waals surface area contributed by atoms with E-state index in [-0.39, 0.29) is 0 Å². The fourth-order valence-electron chi connectivity index (χ4n) is 5.54. The van der Waals surface area contributed by atoms with E-state index in [1.807, 2.05) is 12.1 Å². The molecule has 2 aromatic carbocycles. The van der Waals surface area contributed by atoms with Crippen LogP contribution in [0.15, 0.2) is 102 Å². The fourth-order valence-corrected chi connectivity index (χ4v) is 5.54. The highest BCUT2D eigenvalue weighted by molar-refractivity contribution is 6.32. The molecule has 3 unspecified atom stereocenters. The maximum Gasteiger partial charge on any atom is 0.113 e. The smallest absolute Gasteiger partial charge is 0.113 e. The molecule has 0 saturated carbocycles. The van der Waals surface area contributed by atoms with Gasteiger partial charge in [0.15, 0.2) is 0 Å². The van der Waals surface area contributed by atoms with Gasteiger partial charge in [-0.1, -0.05) is 90.0 Å². The number of hydrogen-bond acceptors (Lipinski definition) is 1. The zero-order chi connectivity index (χ0) is 21.8. The molecule has 0 aromatic heterocycles. The molecule has 3 aliphatic carbocycles. The van der Waals surface area contributed by atoms with Gasteiger partial charge >= 0.3 is 0 Å². The molecule has 2 heteroatoms. The Bertz CT molecular complexity index is 1030. The zero-order valence-corrected chi connectivity index (χ0v) is 18.9. The van der Waals surface area contributed by atoms with Crippen molar-refractivity contribution in [2.75, 3.05) is 4.90 Å². The summed E-state index contributed by atoms with van der Waals surface area (Å²) >= 11 is 0. The van der Waals surface area contributed by atoms with E-state index in [1.54, 1.807) is 5.57 Å². The summed E-state index contributed by atoms with van der Waals surface area (Å²) < 4.78 is 0. The van der Waals surface area contributed by atoms with Crippen LogP contribution in [0.1, 0.15) is 56.4 Å². The van der Waals surface area contributed by atoms with Crippen molar-refractivity contribution < 1.29 is 0 Å². The molecule has 32 heavy (non-hydrogen) atoms. The van der Waals surface area contributed by atoms with Crippen molar-refractivity contribution >= 4 is 19.0 Å². The highest BCUT2D eigenvalue weighted by Gasteiger charge is 2.28. The van der Waals surface area contributed by atoms with Gasteiger partial charge in [0.2, 0.25) is 0 Å². The summed E-state index contributed by atoms with van der Waals surface area (Å²) in [4.78, 5) is 2.59. The van der Waals surface area contributed by atoms with Gasteiger partial charge in [-0.15, -0.1) is 0 Å². The maximum atomic E-state index is 6.01. The highest BCUT2D eigenvalue weighted by Crippen LogP contribution is 2.38. The van der Waals surface area contributed by atoms with Crippen LogP contribution in [0.3, 0.4) is 0 Å². The van der Waals surface area contributed by atoms with Crippen molar-refractivity contribution in [1.82, 2.24) is 0 Å². The Kier molecular flexibility index (Phi) is 6.48. The molecule has 1 nitrogen and oxygen atoms in total. The van der Waals surface area contributed by atoms with Gasteiger partial charge in [0.05, 0.1) is 6.04 Å². The van der Waals surface area contributed by atoms with Gasteiger partial charge in [0.1, 0.15) is 7.85 Å². The van der Waals surface area contributed by atoms with Crippen LogP contribution in [0.4, 0.5) is 5.69 Å². The number of anilines is 1. The molecule has 160 valence electrons. The van der Waals surface area contributed by atoms with E-state index in [4.69, 9.17) is 7.85 Å². The number of benzene rings is 2. The van der Waals surface area contributed by atoms with Crippen LogP contribution in [0.25, 0.3) is 0 Å². The molecule has 5 rings (SSSR count). The Balaban J connectivity index is 1.38. The molecule has 0 amide bonds. The van der Waals surface area contributed by atoms with Crippen molar-refractivity contribution in [2.45, 2.75) is 56.9 Å². The lowest BCUT2D eigenvalue weighted by Crippen LogP contribution is -2.36. The van der Waals surface area contributed by atoms with Gasteiger partial charge in [-0.2, -0.15) is 0 Å². The lowest BCUT2D eigenvalue weighted by Gasteiger charge is -2.39. The van der Waals surface area contributed by atoms with Crippen molar-refractivity contribution in [3.05, 3.63) is 108 Å². The van der Waals surface area contributed by atoms with Crippen LogP contribution in [0.2, 0.25) is 0 Å². The molecule has 0 bridgehead atoms. The number of allylic oxidation sites excluding steroid dienone is 7. The topological polar surface area (TPSA) is 3.24 Å². The van der Waals surface area contributed by atoms with E-state index in [0.717, 1.165) is 24.7 Å². The molecule has 3 aliphatic rings. The van der Waals surface area contributed by atoms with Crippen LogP contribution in [-0.2, 0) is 0 Å². The van der Waals surface area contributed by atoms with Gasteiger partial charge in [0, 0.05) is 17.3 Å². The molecule has 0 fully saturated rings. The molecule has 0 aliphatic heterocycles. The third kappa shape index (κ3) is 4.70. The molecule has 0 heterocycles. The summed E-state index contributed by atoms with van der Waals surface area (Å²) in [6, 6.07) is 19.8. The van der Waals surface area contributed by atoms with Crippen LogP contribution in [0.5, 0.6) is 0 Å². The Morgan fingerprint density at radius 2 is 1.69 bits per heavy atom. The molecule has 0 N–H and O–H groups in total. The molecule has 2 radical (unpaired) electrons. The Hall–Kier alpha value is -2.74. The Labute approximate surface area is 194 Å². The van der Waals surface area contributed by atoms with Crippen molar-refractivity contribution in [3.8, 4) is 0 Å². The fraction of sp³-hybridized carbons (Fsp3) is 0.333. The molecule has 0 spiro atoms. The first-order chi connectivity index (χ1) is 15.8. The minimum Gasteiger partial charge on any atom is -0.339 e. The van der Waals surface area contributed by atoms with Gasteiger partial charge < -0.3 is 4.90 Å². The maximum absolute atomic E-state index is 6.01. The van der Waals surface area contributed by atoms with E-state index in [1.165, 1.54) is 42.6 Å². The molecular formula is C30H32BN. The first-order valence-electron chi connectivity index (χ1n) is 12.2. The van der Waals surface area contributed by atoms with Gasteiger partial charge in [0.25, 0.3) is 0 Å². The van der Waals surface area contributed by atoms with Gasteiger partial charge in [-0.25, -0.2) is 0 Å². The van der Waals surface area contributed by atoms with Crippen LogP contribution < -0.4 is 10.4 Å². The minimum absolute atomic E-state index is 0.401. The number of nitrogens with zero attached hydrogens (tertiary/aromatic N) is 1. The first-order valence-corrected chi connectivity index (χ1v) is 12.2. The molecule has 3 atom stereocenters. The lowest BCUT2D eigenvalue weighted by molar-refractivity contribution is 0.498. The standard InChI is InChI=1S/C30H32BN/c31-27-15-21-30(22-16-27)32(28-17-11-25(12-18-28)23-7-3-1-4-8-23)29-19-13-26(14-20-29)24-9-5-2-6-10-24/h1-5,7-9,11,15-17,19,21-22,25-26,28H,6,10,12-14,18,20H2. The SMILES string of the molecule is [B]c1ccc(N(C2=CCC(C3=CC=CCC3)CC2)C2C=CC(c3ccccc3)CC2)cc1. The van der Waals surface area contributed by atoms with Crippen LogP contribution >= 0.6 is 0 Å². The van der Waals surface area contributed by atoms with Crippen molar-refractivity contribution in [3.63, 3.8) is 0 Å². The predicted molar refractivity (Wildman–Crippen MR) is 138 cm³/mol. The second-order valence-electron chi connectivity index (χ2n) is 9.38. The first kappa shape index (κ1) is 21.1. The van der Waals surface area contributed by atoms with E-state index < -0.39 is 0 Å². The van der Waals surface area contributed by atoms with E-state index >= 15 is 0 Å². The summed E-state index contributed by atoms with van der Waals surface area (Å²) in [6.07, 6.45) is 22.6. The third-order valence-electron chi connectivity index (χ3n) is 7.34. The van der Waals surface area contributed by atoms with Crippen LogP contribution in [0, 0.1) is 5.92 Å². The Morgan fingerprint density at radius 1 is 0.844 bits per heavy atom. The second-order valence-corrected chi connectivity index (χ2v) is 9.38. The number of hydrogen-bond donors (Lipinski definition) is 0. The van der Waals surface area contributed by atoms with E-state index in [2.05, 4.69) is 83.8 Å². The quantitative estimate of drug-likeness (QED) is 0.384. The van der Waals surface area contributed by atoms with Gasteiger partial charge in [-0.3, -0.25) is 0 Å². The third-order valence-corrected chi connectivity index (χ3v) is 7.34. The monoisotopic (exact) mass is 417 g/mol. The average Bonchev–Trinajstić information content (AvgIpc) is 2.87. The zero-order valence-electron chi connectivity index (χ0n) is 18.9. The van der Waals surface area contributed by atoms with Crippen molar-refractivity contribution in [1.29, 1.82) is 0 Å². The van der Waals surface area contributed by atoms with E-state index in [0.29, 0.717) is 17.9 Å². The second kappa shape index (κ2) is 9.82. The summed E-state index contributed by atoms with van der Waals surface area (Å²) in [7, 11) is 6.01. The highest BCUT2D eigenvalue weighted by atomic mass is 15.2. The summed E-state index contributed by atoms with van der Waals surface area (Å²) in [5, 5.41) is 0. The van der Waals surface area contributed by atoms with Gasteiger partial charge in [-0.05, 0) is 68.6 Å². The molecular weight excluding hydrogens is 385 g/mol. The number of rotatable bonds is 5. The largest absolute Gasteiger partial charge is 0.339 e. The summed E-state index contributed by atoms with van der Waals surface area (Å²) in [5.74, 6) is 1.23. The minimum atomic E-state index is 0.401. The summed E-state index contributed by atoms with van der Waals surface area (Å²) in [6.45, 7) is 0. The lowest BCUT2D eigenvalue weighted by atomic mass is 9.81. The molecule has 0 saturated heterocycles. The van der Waals surface area contributed by atoms with E-state index in [9.17, 15) is 0 Å². The average molecular weight is 417 g/mol. The Morgan fingerprint density at radius 3 is 2.34 bits per heavy atom.